The summed E-state index contributed by atoms with van der Waals surface area (Å²) in [7, 11) is -3.68. The molecule has 7 heteroatoms. The van der Waals surface area contributed by atoms with Crippen molar-refractivity contribution in [3.05, 3.63) is 28.5 Å². The number of benzene rings is 1. The van der Waals surface area contributed by atoms with Crippen molar-refractivity contribution in [2.24, 2.45) is 0 Å². The third-order valence-electron chi connectivity index (χ3n) is 2.61. The van der Waals surface area contributed by atoms with Gasteiger partial charge < -0.3 is 5.32 Å². The van der Waals surface area contributed by atoms with Crippen LogP contribution in [-0.2, 0) is 10.0 Å². The van der Waals surface area contributed by atoms with Gasteiger partial charge in [-0.15, -0.1) is 0 Å². The van der Waals surface area contributed by atoms with Gasteiger partial charge >= 0.3 is 0 Å². The number of hydrogen-bond donors (Lipinski definition) is 2. The number of sulfonamides is 1. The van der Waals surface area contributed by atoms with Gasteiger partial charge in [0.2, 0.25) is 10.0 Å². The summed E-state index contributed by atoms with van der Waals surface area (Å²) in [5.74, 6) is -0.515. The molecule has 0 bridgehead atoms. The Morgan fingerprint density at radius 1 is 1.47 bits per heavy atom. The lowest BCUT2D eigenvalue weighted by Gasteiger charge is -2.27. The normalized spacial score (nSPS) is 16.9. The molecule has 4 nitrogen and oxygen atoms in total. The first kappa shape index (κ1) is 12.8. The summed E-state index contributed by atoms with van der Waals surface area (Å²) in [6.07, 6.45) is 0. The highest BCUT2D eigenvalue weighted by Crippen LogP contribution is 2.24. The van der Waals surface area contributed by atoms with E-state index in [2.05, 4.69) is 10.0 Å². The van der Waals surface area contributed by atoms with Crippen LogP contribution in [0.3, 0.4) is 0 Å². The molecular weight excluding hydrogens is 267 g/mol. The van der Waals surface area contributed by atoms with Crippen molar-refractivity contribution in [3.63, 3.8) is 0 Å². The molecule has 1 aliphatic rings. The molecule has 94 valence electrons. The van der Waals surface area contributed by atoms with Crippen LogP contribution in [-0.4, -0.2) is 27.5 Å². The Morgan fingerprint density at radius 3 is 2.65 bits per heavy atom. The van der Waals surface area contributed by atoms with Gasteiger partial charge in [0.1, 0.15) is 10.7 Å². The highest BCUT2D eigenvalue weighted by atomic mass is 35.5. The molecule has 1 heterocycles. The lowest BCUT2D eigenvalue weighted by Crippen LogP contribution is -2.56. The average Bonchev–Trinajstić information content (AvgIpc) is 2.17. The van der Waals surface area contributed by atoms with Crippen LogP contribution in [0.2, 0.25) is 5.02 Å². The molecule has 1 aromatic rings. The molecule has 0 spiro atoms. The average molecular weight is 279 g/mol. The van der Waals surface area contributed by atoms with Crippen molar-refractivity contribution in [3.8, 4) is 0 Å². The van der Waals surface area contributed by atoms with Gasteiger partial charge in [0.25, 0.3) is 0 Å². The number of hydrogen-bond acceptors (Lipinski definition) is 3. The largest absolute Gasteiger partial charge is 0.313 e. The summed E-state index contributed by atoms with van der Waals surface area (Å²) < 4.78 is 39.6. The first-order valence-electron chi connectivity index (χ1n) is 5.09. The van der Waals surface area contributed by atoms with E-state index in [-0.39, 0.29) is 21.5 Å². The van der Waals surface area contributed by atoms with Gasteiger partial charge in [-0.25, -0.2) is 17.5 Å². The van der Waals surface area contributed by atoms with E-state index in [0.29, 0.717) is 13.1 Å². The van der Waals surface area contributed by atoms with Gasteiger partial charge in [-0.05, 0) is 24.6 Å². The molecule has 2 rings (SSSR count). The highest BCUT2D eigenvalue weighted by molar-refractivity contribution is 7.89. The van der Waals surface area contributed by atoms with E-state index >= 15 is 0 Å². The Bertz CT molecular complexity index is 543. The number of halogens is 2. The Kier molecular flexibility index (Phi) is 3.40. The van der Waals surface area contributed by atoms with Crippen LogP contribution in [0.25, 0.3) is 0 Å². The molecule has 0 saturated carbocycles. The SMILES string of the molecule is Cc1cc(S(=O)(=O)NC2CNC2)c(Cl)cc1F. The molecule has 0 aliphatic carbocycles. The zero-order valence-electron chi connectivity index (χ0n) is 9.13. The maximum Gasteiger partial charge on any atom is 0.242 e. The van der Waals surface area contributed by atoms with E-state index in [1.807, 2.05) is 0 Å². The van der Waals surface area contributed by atoms with Gasteiger partial charge in [0.05, 0.1) is 5.02 Å². The molecule has 1 aliphatic heterocycles. The third-order valence-corrected chi connectivity index (χ3v) is 4.59. The lowest BCUT2D eigenvalue weighted by molar-refractivity contribution is 0.410. The molecule has 1 fully saturated rings. The first-order chi connectivity index (χ1) is 7.90. The van der Waals surface area contributed by atoms with Gasteiger partial charge in [0.15, 0.2) is 0 Å². The fourth-order valence-electron chi connectivity index (χ4n) is 1.49. The summed E-state index contributed by atoms with van der Waals surface area (Å²) in [6, 6.07) is 2.14. The number of aryl methyl sites for hydroxylation is 1. The molecule has 0 atom stereocenters. The van der Waals surface area contributed by atoms with E-state index in [0.717, 1.165) is 6.07 Å². The van der Waals surface area contributed by atoms with Crippen molar-refractivity contribution < 1.29 is 12.8 Å². The van der Waals surface area contributed by atoms with Crippen LogP contribution < -0.4 is 10.0 Å². The molecule has 0 radical (unpaired) electrons. The second kappa shape index (κ2) is 4.53. The quantitative estimate of drug-likeness (QED) is 0.869. The summed E-state index contributed by atoms with van der Waals surface area (Å²) in [5, 5.41) is 2.85. The monoisotopic (exact) mass is 278 g/mol. The van der Waals surface area contributed by atoms with E-state index in [1.165, 1.54) is 13.0 Å². The van der Waals surface area contributed by atoms with Gasteiger partial charge in [-0.1, -0.05) is 11.6 Å². The van der Waals surface area contributed by atoms with Crippen molar-refractivity contribution in [1.29, 1.82) is 0 Å². The van der Waals surface area contributed by atoms with Crippen LogP contribution in [0.15, 0.2) is 17.0 Å². The number of rotatable bonds is 3. The lowest BCUT2D eigenvalue weighted by atomic mass is 10.2. The van der Waals surface area contributed by atoms with Gasteiger partial charge in [-0.2, -0.15) is 0 Å². The maximum absolute atomic E-state index is 13.2. The maximum atomic E-state index is 13.2. The number of nitrogens with one attached hydrogen (secondary N) is 2. The van der Waals surface area contributed by atoms with Crippen LogP contribution >= 0.6 is 11.6 Å². The molecule has 0 unspecified atom stereocenters. The second-order valence-electron chi connectivity index (χ2n) is 4.01. The molecule has 0 amide bonds. The topological polar surface area (TPSA) is 58.2 Å². The van der Waals surface area contributed by atoms with Crippen molar-refractivity contribution in [2.75, 3.05) is 13.1 Å². The molecule has 1 saturated heterocycles. The summed E-state index contributed by atoms with van der Waals surface area (Å²) >= 11 is 5.76. The predicted molar refractivity (Wildman–Crippen MR) is 63.1 cm³/mol. The fourth-order valence-corrected chi connectivity index (χ4v) is 3.33. The molecular formula is C10H12ClFN2O2S. The molecule has 0 aromatic heterocycles. The Hall–Kier alpha value is -0.690. The minimum atomic E-state index is -3.68. The third kappa shape index (κ3) is 2.60. The van der Waals surface area contributed by atoms with Crippen molar-refractivity contribution >= 4 is 21.6 Å². The van der Waals surface area contributed by atoms with Crippen LogP contribution in [0.5, 0.6) is 0 Å². The Balaban J connectivity index is 2.35. The van der Waals surface area contributed by atoms with E-state index in [9.17, 15) is 12.8 Å². The highest BCUT2D eigenvalue weighted by Gasteiger charge is 2.26. The Morgan fingerprint density at radius 2 is 2.12 bits per heavy atom. The standard InChI is InChI=1S/C10H12ClFN2O2S/c1-6-2-10(8(11)3-9(6)12)17(15,16)14-7-4-13-5-7/h2-3,7,13-14H,4-5H2,1H3. The van der Waals surface area contributed by atoms with Gasteiger partial charge in [-0.3, -0.25) is 0 Å². The van der Waals surface area contributed by atoms with Crippen molar-refractivity contribution in [2.45, 2.75) is 17.9 Å². The summed E-state index contributed by atoms with van der Waals surface area (Å²) in [6.45, 7) is 2.68. The van der Waals surface area contributed by atoms with Crippen LogP contribution in [0, 0.1) is 12.7 Å². The zero-order valence-corrected chi connectivity index (χ0v) is 10.7. The smallest absolute Gasteiger partial charge is 0.242 e. The predicted octanol–water partition coefficient (Wildman–Crippen LogP) is 1.04. The van der Waals surface area contributed by atoms with Gasteiger partial charge in [0, 0.05) is 19.1 Å². The van der Waals surface area contributed by atoms with Crippen LogP contribution in [0.4, 0.5) is 4.39 Å². The first-order valence-corrected chi connectivity index (χ1v) is 6.95. The molecule has 2 N–H and O–H groups in total. The summed E-state index contributed by atoms with van der Waals surface area (Å²) in [5.41, 5.74) is 0.251. The van der Waals surface area contributed by atoms with E-state index in [1.54, 1.807) is 0 Å². The minimum Gasteiger partial charge on any atom is -0.313 e. The fraction of sp³-hybridized carbons (Fsp3) is 0.400. The molecule has 1 aromatic carbocycles. The minimum absolute atomic E-state index is 0.0787. The molecule has 17 heavy (non-hydrogen) atoms. The zero-order chi connectivity index (χ0) is 12.6. The summed E-state index contributed by atoms with van der Waals surface area (Å²) in [4.78, 5) is -0.0787. The second-order valence-corrected chi connectivity index (χ2v) is 6.10. The van der Waals surface area contributed by atoms with E-state index in [4.69, 9.17) is 11.6 Å². The van der Waals surface area contributed by atoms with Crippen molar-refractivity contribution in [1.82, 2.24) is 10.0 Å². The van der Waals surface area contributed by atoms with E-state index < -0.39 is 15.8 Å². The Labute approximate surface area is 104 Å². The van der Waals surface area contributed by atoms with Crippen LogP contribution in [0.1, 0.15) is 5.56 Å².